The highest BCUT2D eigenvalue weighted by Crippen LogP contribution is 2.20. The monoisotopic (exact) mass is 275 g/mol. The fourth-order valence-corrected chi connectivity index (χ4v) is 1.80. The summed E-state index contributed by atoms with van der Waals surface area (Å²) in [6, 6.07) is 16.7. The summed E-state index contributed by atoms with van der Waals surface area (Å²) in [5.74, 6) is 0. The zero-order valence-corrected chi connectivity index (χ0v) is 10.9. The second kappa shape index (κ2) is 6.14. The van der Waals surface area contributed by atoms with Gasteiger partial charge in [-0.2, -0.15) is 10.5 Å². The third-order valence-corrected chi connectivity index (χ3v) is 2.84. The lowest BCUT2D eigenvalue weighted by Gasteiger charge is -2.00. The standard InChI is InChI=1S/C16H9N3O2/c17-10-12-4-6-14(7-5-12)15(11-18)8-13-2-1-3-16(9-13)19(20)21/h1-9H/b15-8+. The maximum atomic E-state index is 10.7. The highest BCUT2D eigenvalue weighted by Gasteiger charge is 2.06. The van der Waals surface area contributed by atoms with Crippen LogP contribution in [0.5, 0.6) is 0 Å². The van der Waals surface area contributed by atoms with Gasteiger partial charge in [-0.05, 0) is 29.3 Å². The fraction of sp³-hybridized carbons (Fsp3) is 0. The van der Waals surface area contributed by atoms with Gasteiger partial charge in [0.05, 0.1) is 28.2 Å². The zero-order valence-electron chi connectivity index (χ0n) is 10.9. The first-order valence-electron chi connectivity index (χ1n) is 6.01. The molecule has 0 fully saturated rings. The van der Waals surface area contributed by atoms with E-state index in [2.05, 4.69) is 6.07 Å². The Hall–Kier alpha value is -3.44. The Bertz CT molecular complexity index is 794. The lowest BCUT2D eigenvalue weighted by molar-refractivity contribution is -0.384. The molecular formula is C16H9N3O2. The van der Waals surface area contributed by atoms with Gasteiger partial charge in [-0.3, -0.25) is 10.1 Å². The van der Waals surface area contributed by atoms with Gasteiger partial charge in [0.25, 0.3) is 5.69 Å². The van der Waals surface area contributed by atoms with Crippen LogP contribution in [0.3, 0.4) is 0 Å². The van der Waals surface area contributed by atoms with Crippen molar-refractivity contribution in [1.29, 1.82) is 10.5 Å². The molecule has 0 unspecified atom stereocenters. The van der Waals surface area contributed by atoms with Crippen molar-refractivity contribution < 1.29 is 4.92 Å². The molecule has 0 radical (unpaired) electrons. The third-order valence-electron chi connectivity index (χ3n) is 2.84. The summed E-state index contributed by atoms with van der Waals surface area (Å²) in [4.78, 5) is 10.3. The quantitative estimate of drug-likeness (QED) is 0.371. The van der Waals surface area contributed by atoms with Crippen molar-refractivity contribution in [3.63, 3.8) is 0 Å². The van der Waals surface area contributed by atoms with Crippen molar-refractivity contribution in [3.8, 4) is 12.1 Å². The van der Waals surface area contributed by atoms with E-state index in [1.54, 1.807) is 42.5 Å². The number of allylic oxidation sites excluding steroid dienone is 1. The number of benzene rings is 2. The Balaban J connectivity index is 2.41. The Kier molecular flexibility index (Phi) is 4.09. The van der Waals surface area contributed by atoms with Gasteiger partial charge in [0.1, 0.15) is 0 Å². The maximum Gasteiger partial charge on any atom is 0.270 e. The average molecular weight is 275 g/mol. The van der Waals surface area contributed by atoms with Crippen LogP contribution in [0.25, 0.3) is 11.6 Å². The zero-order chi connectivity index (χ0) is 15.2. The molecule has 0 aromatic heterocycles. The molecule has 0 aliphatic heterocycles. The van der Waals surface area contributed by atoms with Crippen molar-refractivity contribution in [1.82, 2.24) is 0 Å². The molecule has 0 atom stereocenters. The van der Waals surface area contributed by atoms with E-state index in [0.29, 0.717) is 22.3 Å². The van der Waals surface area contributed by atoms with Crippen LogP contribution in [0.1, 0.15) is 16.7 Å². The molecule has 5 nitrogen and oxygen atoms in total. The van der Waals surface area contributed by atoms with Crippen molar-refractivity contribution in [2.45, 2.75) is 0 Å². The summed E-state index contributed by atoms with van der Waals surface area (Å²) >= 11 is 0. The molecule has 100 valence electrons. The highest BCUT2D eigenvalue weighted by molar-refractivity contribution is 5.89. The van der Waals surface area contributed by atoms with Gasteiger partial charge in [0.15, 0.2) is 0 Å². The molecule has 0 amide bonds. The highest BCUT2D eigenvalue weighted by atomic mass is 16.6. The Morgan fingerprint density at radius 1 is 1.14 bits per heavy atom. The van der Waals surface area contributed by atoms with E-state index in [-0.39, 0.29) is 5.69 Å². The van der Waals surface area contributed by atoms with E-state index < -0.39 is 4.92 Å². The van der Waals surface area contributed by atoms with Gasteiger partial charge >= 0.3 is 0 Å². The average Bonchev–Trinajstić information content (AvgIpc) is 2.53. The molecule has 0 aliphatic rings. The summed E-state index contributed by atoms with van der Waals surface area (Å²) in [6.45, 7) is 0. The molecule has 21 heavy (non-hydrogen) atoms. The number of nitro groups is 1. The van der Waals surface area contributed by atoms with Crippen LogP contribution < -0.4 is 0 Å². The van der Waals surface area contributed by atoms with Crippen LogP contribution in [-0.4, -0.2) is 4.92 Å². The second-order valence-electron chi connectivity index (χ2n) is 4.21. The van der Waals surface area contributed by atoms with Gasteiger partial charge < -0.3 is 0 Å². The van der Waals surface area contributed by atoms with Gasteiger partial charge in [-0.15, -0.1) is 0 Å². The smallest absolute Gasteiger partial charge is 0.258 e. The number of rotatable bonds is 3. The van der Waals surface area contributed by atoms with E-state index in [0.717, 1.165) is 0 Å². The van der Waals surface area contributed by atoms with Gasteiger partial charge in [0.2, 0.25) is 0 Å². The van der Waals surface area contributed by atoms with E-state index in [1.165, 1.54) is 12.1 Å². The molecule has 0 saturated carbocycles. The molecular weight excluding hydrogens is 266 g/mol. The van der Waals surface area contributed by atoms with Crippen LogP contribution in [-0.2, 0) is 0 Å². The lowest BCUT2D eigenvalue weighted by Crippen LogP contribution is -1.88. The maximum absolute atomic E-state index is 10.7. The normalized spacial score (nSPS) is 10.5. The van der Waals surface area contributed by atoms with Crippen molar-refractivity contribution >= 4 is 17.3 Å². The van der Waals surface area contributed by atoms with Gasteiger partial charge in [0, 0.05) is 12.1 Å². The Morgan fingerprint density at radius 2 is 1.86 bits per heavy atom. The SMILES string of the molecule is N#C/C(=C\c1cccc([N+](=O)[O-])c1)c1ccc(C#N)cc1. The van der Waals surface area contributed by atoms with Gasteiger partial charge in [-0.25, -0.2) is 0 Å². The molecule has 2 aromatic carbocycles. The summed E-state index contributed by atoms with van der Waals surface area (Å²) < 4.78 is 0. The fourth-order valence-electron chi connectivity index (χ4n) is 1.80. The number of hydrogen-bond acceptors (Lipinski definition) is 4. The molecule has 2 rings (SSSR count). The topological polar surface area (TPSA) is 90.7 Å². The number of hydrogen-bond donors (Lipinski definition) is 0. The van der Waals surface area contributed by atoms with E-state index in [1.807, 2.05) is 6.07 Å². The molecule has 0 spiro atoms. The molecule has 0 heterocycles. The first-order valence-corrected chi connectivity index (χ1v) is 6.01. The Morgan fingerprint density at radius 3 is 2.43 bits per heavy atom. The van der Waals surface area contributed by atoms with Crippen molar-refractivity contribution in [2.75, 3.05) is 0 Å². The molecule has 5 heteroatoms. The summed E-state index contributed by atoms with van der Waals surface area (Å²) in [6.07, 6.45) is 1.58. The number of nitro benzene ring substituents is 1. The minimum atomic E-state index is -0.481. The van der Waals surface area contributed by atoms with Crippen molar-refractivity contribution in [3.05, 3.63) is 75.3 Å². The Labute approximate surface area is 121 Å². The predicted molar refractivity (Wildman–Crippen MR) is 77.7 cm³/mol. The number of non-ortho nitro benzene ring substituents is 1. The predicted octanol–water partition coefficient (Wildman–Crippen LogP) is 3.53. The summed E-state index contributed by atoms with van der Waals surface area (Å²) in [5.41, 5.74) is 2.08. The van der Waals surface area contributed by atoms with E-state index in [4.69, 9.17) is 5.26 Å². The largest absolute Gasteiger partial charge is 0.270 e. The number of nitriles is 2. The first-order chi connectivity index (χ1) is 10.1. The van der Waals surface area contributed by atoms with Gasteiger partial charge in [-0.1, -0.05) is 24.3 Å². The van der Waals surface area contributed by atoms with E-state index >= 15 is 0 Å². The minimum absolute atomic E-state index is 0.0270. The van der Waals surface area contributed by atoms with Crippen molar-refractivity contribution in [2.24, 2.45) is 0 Å². The van der Waals surface area contributed by atoms with E-state index in [9.17, 15) is 15.4 Å². The van der Waals surface area contributed by atoms with Crippen LogP contribution in [0.15, 0.2) is 48.5 Å². The third kappa shape index (κ3) is 3.31. The van der Waals surface area contributed by atoms with Crippen LogP contribution in [0.2, 0.25) is 0 Å². The number of nitrogens with zero attached hydrogens (tertiary/aromatic N) is 3. The molecule has 2 aromatic rings. The first kappa shape index (κ1) is 14.0. The van der Waals surface area contributed by atoms with Crippen LogP contribution in [0.4, 0.5) is 5.69 Å². The molecule has 0 N–H and O–H groups in total. The van der Waals surface area contributed by atoms with Crippen LogP contribution >= 0.6 is 0 Å². The molecule has 0 aliphatic carbocycles. The molecule has 0 saturated heterocycles. The second-order valence-corrected chi connectivity index (χ2v) is 4.21. The summed E-state index contributed by atoms with van der Waals surface area (Å²) in [7, 11) is 0. The minimum Gasteiger partial charge on any atom is -0.258 e. The molecule has 0 bridgehead atoms. The van der Waals surface area contributed by atoms with Crippen LogP contribution in [0, 0.1) is 32.8 Å². The lowest BCUT2D eigenvalue weighted by atomic mass is 10.0. The summed E-state index contributed by atoms with van der Waals surface area (Å²) in [5, 5.41) is 28.7.